The van der Waals surface area contributed by atoms with Crippen molar-refractivity contribution in [3.8, 4) is 0 Å². The number of nitrogens with one attached hydrogen (secondary N) is 1. The maximum absolute atomic E-state index is 13.1. The van der Waals surface area contributed by atoms with E-state index in [1.807, 2.05) is 17.5 Å². The number of hydrogen-bond acceptors (Lipinski definition) is 7. The van der Waals surface area contributed by atoms with Crippen molar-refractivity contribution in [3.05, 3.63) is 67.0 Å². The van der Waals surface area contributed by atoms with E-state index in [-0.39, 0.29) is 23.7 Å². The van der Waals surface area contributed by atoms with Gasteiger partial charge in [0.05, 0.1) is 49.4 Å². The number of esters is 1. The van der Waals surface area contributed by atoms with Crippen LogP contribution in [0, 0.1) is 0 Å². The van der Waals surface area contributed by atoms with Crippen LogP contribution in [0.15, 0.2) is 45.3 Å². The Kier molecular flexibility index (Phi) is 5.61. The number of benzene rings is 1. The van der Waals surface area contributed by atoms with E-state index in [0.717, 1.165) is 18.0 Å². The van der Waals surface area contributed by atoms with Crippen LogP contribution in [0.5, 0.6) is 0 Å². The molecule has 3 aromatic rings. The molecule has 1 atom stereocenters. The van der Waals surface area contributed by atoms with Crippen LogP contribution in [-0.4, -0.2) is 53.8 Å². The molecule has 29 heavy (non-hydrogen) atoms. The van der Waals surface area contributed by atoms with Gasteiger partial charge in [-0.2, -0.15) is 0 Å². The van der Waals surface area contributed by atoms with Crippen molar-refractivity contribution in [2.45, 2.75) is 12.6 Å². The number of nitrogens with zero attached hydrogens (tertiary/aromatic N) is 2. The van der Waals surface area contributed by atoms with Gasteiger partial charge in [-0.15, -0.1) is 11.3 Å². The largest absolute Gasteiger partial charge is 0.465 e. The third-order valence-corrected chi connectivity index (χ3v) is 6.09. The highest BCUT2D eigenvalue weighted by molar-refractivity contribution is 7.10. The molecule has 152 valence electrons. The smallest absolute Gasteiger partial charge is 0.337 e. The highest BCUT2D eigenvalue weighted by Gasteiger charge is 2.25. The molecule has 1 fully saturated rings. The quantitative estimate of drug-likeness (QED) is 0.637. The molecule has 1 aliphatic heterocycles. The zero-order valence-electron chi connectivity index (χ0n) is 15.9. The molecule has 9 heteroatoms. The average Bonchev–Trinajstić information content (AvgIpc) is 3.28. The fraction of sp³-hybridized carbons (Fsp3) is 0.350. The molecule has 4 rings (SSSR count). The molecular weight excluding hydrogens is 394 g/mol. The van der Waals surface area contributed by atoms with E-state index in [1.165, 1.54) is 23.8 Å². The van der Waals surface area contributed by atoms with E-state index in [2.05, 4.69) is 9.88 Å². The second kappa shape index (κ2) is 8.32. The second-order valence-electron chi connectivity index (χ2n) is 6.78. The van der Waals surface area contributed by atoms with Crippen molar-refractivity contribution < 1.29 is 14.3 Å². The summed E-state index contributed by atoms with van der Waals surface area (Å²) in [5, 5.41) is 2.34. The van der Waals surface area contributed by atoms with Crippen LogP contribution in [0.4, 0.5) is 0 Å². The highest BCUT2D eigenvalue weighted by Crippen LogP contribution is 2.27. The van der Waals surface area contributed by atoms with E-state index in [9.17, 15) is 14.4 Å². The minimum atomic E-state index is -0.526. The van der Waals surface area contributed by atoms with Crippen LogP contribution in [0.3, 0.4) is 0 Å². The number of methoxy groups -OCH3 is 1. The first-order valence-corrected chi connectivity index (χ1v) is 10.2. The Morgan fingerprint density at radius 3 is 2.76 bits per heavy atom. The zero-order chi connectivity index (χ0) is 20.4. The number of fused-ring (bicyclic) bond motifs is 1. The van der Waals surface area contributed by atoms with Crippen molar-refractivity contribution in [1.82, 2.24) is 14.5 Å². The fourth-order valence-corrected chi connectivity index (χ4v) is 4.45. The molecule has 8 nitrogen and oxygen atoms in total. The molecule has 1 N–H and O–H groups in total. The molecule has 1 aromatic carbocycles. The van der Waals surface area contributed by atoms with E-state index in [4.69, 9.17) is 9.47 Å². The van der Waals surface area contributed by atoms with E-state index >= 15 is 0 Å². The number of carbonyl (C=O) groups excluding carboxylic acids is 1. The summed E-state index contributed by atoms with van der Waals surface area (Å²) in [6.07, 6.45) is 0. The Morgan fingerprint density at radius 2 is 2.07 bits per heavy atom. The Hall–Kier alpha value is -2.75. The third-order valence-electron chi connectivity index (χ3n) is 5.12. The Labute approximate surface area is 170 Å². The number of ether oxygens (including phenoxy) is 2. The molecule has 0 bridgehead atoms. The van der Waals surface area contributed by atoms with Crippen molar-refractivity contribution in [3.63, 3.8) is 0 Å². The molecule has 0 amide bonds. The predicted octanol–water partition coefficient (Wildman–Crippen LogP) is 1.61. The predicted molar refractivity (Wildman–Crippen MR) is 110 cm³/mol. The molecule has 0 spiro atoms. The van der Waals surface area contributed by atoms with Gasteiger partial charge in [0, 0.05) is 18.0 Å². The maximum Gasteiger partial charge on any atom is 0.337 e. The molecule has 0 saturated carbocycles. The number of aromatic amines is 1. The first kappa shape index (κ1) is 19.6. The van der Waals surface area contributed by atoms with Crippen LogP contribution in [0.1, 0.15) is 21.3 Å². The van der Waals surface area contributed by atoms with Gasteiger partial charge in [-0.3, -0.25) is 14.3 Å². The molecule has 2 aromatic heterocycles. The minimum Gasteiger partial charge on any atom is -0.465 e. The summed E-state index contributed by atoms with van der Waals surface area (Å²) in [6, 6.07) is 8.43. The van der Waals surface area contributed by atoms with E-state index < -0.39 is 11.7 Å². The Bertz CT molecular complexity index is 1130. The number of aromatic nitrogens is 2. The molecule has 3 heterocycles. The summed E-state index contributed by atoms with van der Waals surface area (Å²) < 4.78 is 11.4. The normalized spacial score (nSPS) is 16.0. The van der Waals surface area contributed by atoms with Gasteiger partial charge in [0.25, 0.3) is 5.56 Å². The summed E-state index contributed by atoms with van der Waals surface area (Å²) in [6.45, 7) is 2.97. The van der Waals surface area contributed by atoms with Crippen LogP contribution >= 0.6 is 11.3 Å². The summed E-state index contributed by atoms with van der Waals surface area (Å²) in [5.74, 6) is -0.526. The van der Waals surface area contributed by atoms with Gasteiger partial charge in [-0.25, -0.2) is 9.59 Å². The van der Waals surface area contributed by atoms with E-state index in [1.54, 1.807) is 17.4 Å². The lowest BCUT2D eigenvalue weighted by Crippen LogP contribution is -2.44. The van der Waals surface area contributed by atoms with Crippen molar-refractivity contribution in [2.24, 2.45) is 0 Å². The van der Waals surface area contributed by atoms with Crippen molar-refractivity contribution in [1.29, 1.82) is 0 Å². The summed E-state index contributed by atoms with van der Waals surface area (Å²) in [7, 11) is 1.28. The van der Waals surface area contributed by atoms with Gasteiger partial charge in [0.1, 0.15) is 0 Å². The van der Waals surface area contributed by atoms with Crippen LogP contribution in [-0.2, 0) is 16.0 Å². The lowest BCUT2D eigenvalue weighted by Gasteiger charge is -2.34. The Balaban J connectivity index is 1.75. The second-order valence-corrected chi connectivity index (χ2v) is 7.76. The highest BCUT2D eigenvalue weighted by atomic mass is 32.1. The lowest BCUT2D eigenvalue weighted by atomic mass is 10.1. The number of morpholine rings is 1. The summed E-state index contributed by atoms with van der Waals surface area (Å²) >= 11 is 1.61. The molecule has 0 radical (unpaired) electrons. The lowest BCUT2D eigenvalue weighted by molar-refractivity contribution is 0.0126. The number of hydrogen-bond donors (Lipinski definition) is 1. The maximum atomic E-state index is 13.1. The topological polar surface area (TPSA) is 93.6 Å². The summed E-state index contributed by atoms with van der Waals surface area (Å²) in [5.41, 5.74) is -0.287. The number of thiophene rings is 1. The Morgan fingerprint density at radius 1 is 1.28 bits per heavy atom. The monoisotopic (exact) mass is 415 g/mol. The zero-order valence-corrected chi connectivity index (χ0v) is 16.7. The van der Waals surface area contributed by atoms with Gasteiger partial charge >= 0.3 is 11.7 Å². The van der Waals surface area contributed by atoms with Gasteiger partial charge in [0.2, 0.25) is 0 Å². The van der Waals surface area contributed by atoms with Gasteiger partial charge in [0.15, 0.2) is 0 Å². The number of H-pyrrole nitrogens is 1. The molecule has 0 aliphatic carbocycles. The molecule has 0 unspecified atom stereocenters. The third kappa shape index (κ3) is 3.89. The molecule has 1 saturated heterocycles. The fourth-order valence-electron chi connectivity index (χ4n) is 3.59. The first-order valence-electron chi connectivity index (χ1n) is 9.29. The standard InChI is InChI=1S/C20H21N3O5S/c1-27-19(25)13-4-5-14-15(11-13)21-20(26)23(18(14)24)12-16(17-3-2-10-29-17)22-6-8-28-9-7-22/h2-5,10-11,16H,6-9,12H2,1H3,(H,21,26)/t16-/m1/s1. The van der Waals surface area contributed by atoms with Gasteiger partial charge in [-0.1, -0.05) is 6.07 Å². The van der Waals surface area contributed by atoms with E-state index in [0.29, 0.717) is 24.1 Å². The van der Waals surface area contributed by atoms with Crippen LogP contribution in [0.2, 0.25) is 0 Å². The van der Waals surface area contributed by atoms with Gasteiger partial charge < -0.3 is 14.5 Å². The number of rotatable bonds is 5. The van der Waals surface area contributed by atoms with Crippen LogP contribution in [0.25, 0.3) is 10.9 Å². The van der Waals surface area contributed by atoms with Crippen LogP contribution < -0.4 is 11.2 Å². The SMILES string of the molecule is COC(=O)c1ccc2c(=O)n(C[C@H](c3cccs3)N3CCOCC3)c(=O)[nH]c2c1. The minimum absolute atomic E-state index is 0.0931. The molecule has 1 aliphatic rings. The van der Waals surface area contributed by atoms with Crippen molar-refractivity contribution in [2.75, 3.05) is 33.4 Å². The molecular formula is C20H21N3O5S. The first-order chi connectivity index (χ1) is 14.1. The van der Waals surface area contributed by atoms with Crippen molar-refractivity contribution >= 4 is 28.2 Å². The average molecular weight is 415 g/mol. The van der Waals surface area contributed by atoms with Gasteiger partial charge in [-0.05, 0) is 29.6 Å². The summed E-state index contributed by atoms with van der Waals surface area (Å²) in [4.78, 5) is 43.6. The number of carbonyl (C=O) groups is 1.